The summed E-state index contributed by atoms with van der Waals surface area (Å²) >= 11 is 2.73. The molecule has 58 valence electrons. The van der Waals surface area contributed by atoms with E-state index in [1.165, 1.54) is 6.92 Å². The zero-order chi connectivity index (χ0) is 8.31. The van der Waals surface area contributed by atoms with Crippen LogP contribution < -0.4 is 0 Å². The molecule has 0 heterocycles. The molecule has 2 unspecified atom stereocenters. The van der Waals surface area contributed by atoms with Gasteiger partial charge in [-0.1, -0.05) is 22.9 Å². The Kier molecular flexibility index (Phi) is 3.35. The summed E-state index contributed by atoms with van der Waals surface area (Å²) in [6.07, 6.45) is 0. The van der Waals surface area contributed by atoms with E-state index in [0.29, 0.717) is 0 Å². The molecule has 0 spiro atoms. The summed E-state index contributed by atoms with van der Waals surface area (Å²) < 4.78 is 0. The number of carbonyl (C=O) groups is 2. The molecular weight excluding hydrogens is 204 g/mol. The minimum atomic E-state index is -1.16. The molecule has 0 saturated carbocycles. The van der Waals surface area contributed by atoms with Gasteiger partial charge in [0, 0.05) is 0 Å². The third-order valence-corrected chi connectivity index (χ3v) is 2.25. The van der Waals surface area contributed by atoms with E-state index >= 15 is 0 Å². The van der Waals surface area contributed by atoms with E-state index in [1.54, 1.807) is 0 Å². The van der Waals surface area contributed by atoms with Crippen LogP contribution in [0.3, 0.4) is 0 Å². The molecule has 0 fully saturated rings. The Hall–Kier alpha value is -0.580. The van der Waals surface area contributed by atoms with Crippen molar-refractivity contribution in [3.63, 3.8) is 0 Å². The van der Waals surface area contributed by atoms with Crippen molar-refractivity contribution in [1.29, 1.82) is 0 Å². The predicted octanol–water partition coefficient (Wildman–Crippen LogP) is 0.555. The number of carboxylic acid groups (broad SMARTS) is 2. The van der Waals surface area contributed by atoms with Gasteiger partial charge in [-0.25, -0.2) is 0 Å². The summed E-state index contributed by atoms with van der Waals surface area (Å²) in [7, 11) is 0. The Labute approximate surface area is 66.0 Å². The quantitative estimate of drug-likeness (QED) is 0.668. The lowest BCUT2D eigenvalue weighted by atomic mass is 10.1. The second-order valence-corrected chi connectivity index (χ2v) is 2.85. The molecule has 0 aromatic carbocycles. The van der Waals surface area contributed by atoms with Crippen molar-refractivity contribution in [3.8, 4) is 0 Å². The molecule has 0 saturated heterocycles. The number of halogens is 1. The zero-order valence-electron chi connectivity index (χ0n) is 5.24. The van der Waals surface area contributed by atoms with Crippen molar-refractivity contribution >= 4 is 27.9 Å². The first kappa shape index (κ1) is 9.42. The van der Waals surface area contributed by atoms with E-state index in [0.717, 1.165) is 0 Å². The second-order valence-electron chi connectivity index (χ2n) is 1.87. The molecule has 0 bridgehead atoms. The lowest BCUT2D eigenvalue weighted by Crippen LogP contribution is -2.27. The molecule has 4 nitrogen and oxygen atoms in total. The predicted molar refractivity (Wildman–Crippen MR) is 37.2 cm³/mol. The summed E-state index contributed by atoms with van der Waals surface area (Å²) in [5, 5.41) is 16.6. The fourth-order valence-electron chi connectivity index (χ4n) is 0.339. The topological polar surface area (TPSA) is 74.6 Å². The van der Waals surface area contributed by atoms with Gasteiger partial charge in [0.05, 0.1) is 5.92 Å². The van der Waals surface area contributed by atoms with Gasteiger partial charge in [0.1, 0.15) is 4.83 Å². The highest BCUT2D eigenvalue weighted by molar-refractivity contribution is 9.10. The van der Waals surface area contributed by atoms with E-state index in [1.807, 2.05) is 0 Å². The van der Waals surface area contributed by atoms with Gasteiger partial charge < -0.3 is 10.2 Å². The molecule has 10 heavy (non-hydrogen) atoms. The molecule has 0 amide bonds. The first-order valence-electron chi connectivity index (χ1n) is 2.56. The van der Waals surface area contributed by atoms with Gasteiger partial charge in [-0.15, -0.1) is 0 Å². The fourth-order valence-corrected chi connectivity index (χ4v) is 0.565. The van der Waals surface area contributed by atoms with E-state index in [2.05, 4.69) is 15.9 Å². The molecule has 0 aromatic rings. The molecule has 2 atom stereocenters. The Morgan fingerprint density at radius 2 is 1.70 bits per heavy atom. The maximum atomic E-state index is 10.2. The average molecular weight is 211 g/mol. The van der Waals surface area contributed by atoms with Crippen LogP contribution in [0.25, 0.3) is 0 Å². The smallest absolute Gasteiger partial charge is 0.318 e. The lowest BCUT2D eigenvalue weighted by Gasteiger charge is -2.07. The minimum absolute atomic E-state index is 0.905. The van der Waals surface area contributed by atoms with Crippen molar-refractivity contribution in [2.45, 2.75) is 11.8 Å². The van der Waals surface area contributed by atoms with Crippen LogP contribution in [0.1, 0.15) is 6.92 Å². The van der Waals surface area contributed by atoms with Gasteiger partial charge in [-0.2, -0.15) is 0 Å². The highest BCUT2D eigenvalue weighted by Gasteiger charge is 2.26. The molecule has 0 aliphatic carbocycles. The molecule has 0 radical (unpaired) electrons. The standard InChI is InChI=1S/C5H7BrO4/c1-2(4(7)8)3(6)5(9)10/h2-3H,1H3,(H,7,8)(H,9,10). The number of aliphatic carboxylic acids is 2. The molecule has 0 aliphatic heterocycles. The fraction of sp³-hybridized carbons (Fsp3) is 0.600. The van der Waals surface area contributed by atoms with E-state index < -0.39 is 22.7 Å². The van der Waals surface area contributed by atoms with Gasteiger partial charge in [-0.05, 0) is 0 Å². The van der Waals surface area contributed by atoms with Crippen LogP contribution in [0.2, 0.25) is 0 Å². The van der Waals surface area contributed by atoms with Crippen molar-refractivity contribution in [2.24, 2.45) is 5.92 Å². The van der Waals surface area contributed by atoms with Gasteiger partial charge in [-0.3, -0.25) is 9.59 Å². The summed E-state index contributed by atoms with van der Waals surface area (Å²) in [4.78, 5) is 19.3. The molecule has 0 aromatic heterocycles. The second kappa shape index (κ2) is 3.55. The summed E-state index contributed by atoms with van der Waals surface area (Å²) in [5.74, 6) is -3.18. The molecular formula is C5H7BrO4. The third kappa shape index (κ3) is 2.34. The summed E-state index contributed by atoms with van der Waals surface area (Å²) in [6.45, 7) is 1.33. The summed E-state index contributed by atoms with van der Waals surface area (Å²) in [6, 6.07) is 0. The summed E-state index contributed by atoms with van der Waals surface area (Å²) in [5.41, 5.74) is 0. The maximum absolute atomic E-state index is 10.2. The third-order valence-electron chi connectivity index (χ3n) is 1.06. The van der Waals surface area contributed by atoms with Gasteiger partial charge in [0.15, 0.2) is 0 Å². The van der Waals surface area contributed by atoms with Crippen molar-refractivity contribution in [1.82, 2.24) is 0 Å². The zero-order valence-corrected chi connectivity index (χ0v) is 6.83. The van der Waals surface area contributed by atoms with E-state index in [4.69, 9.17) is 10.2 Å². The highest BCUT2D eigenvalue weighted by atomic mass is 79.9. The number of hydrogen-bond acceptors (Lipinski definition) is 2. The van der Waals surface area contributed by atoms with Crippen LogP contribution >= 0.6 is 15.9 Å². The lowest BCUT2D eigenvalue weighted by molar-refractivity contribution is -0.146. The molecule has 2 N–H and O–H groups in total. The van der Waals surface area contributed by atoms with Crippen molar-refractivity contribution < 1.29 is 19.8 Å². The Balaban J connectivity index is 4.07. The normalized spacial score (nSPS) is 15.8. The molecule has 5 heteroatoms. The first-order chi connectivity index (χ1) is 4.46. The largest absolute Gasteiger partial charge is 0.481 e. The van der Waals surface area contributed by atoms with Crippen LogP contribution in [0.15, 0.2) is 0 Å². The van der Waals surface area contributed by atoms with E-state index in [-0.39, 0.29) is 0 Å². The number of rotatable bonds is 3. The van der Waals surface area contributed by atoms with Crippen LogP contribution in [0.5, 0.6) is 0 Å². The monoisotopic (exact) mass is 210 g/mol. The van der Waals surface area contributed by atoms with Crippen molar-refractivity contribution in [2.75, 3.05) is 0 Å². The Morgan fingerprint density at radius 1 is 1.30 bits per heavy atom. The van der Waals surface area contributed by atoms with Crippen LogP contribution in [-0.4, -0.2) is 27.0 Å². The van der Waals surface area contributed by atoms with Crippen LogP contribution in [0, 0.1) is 5.92 Å². The Morgan fingerprint density at radius 3 is 1.80 bits per heavy atom. The maximum Gasteiger partial charge on any atom is 0.318 e. The SMILES string of the molecule is CC(C(=O)O)C(Br)C(=O)O. The van der Waals surface area contributed by atoms with Gasteiger partial charge in [0.2, 0.25) is 0 Å². The van der Waals surface area contributed by atoms with Gasteiger partial charge in [0.25, 0.3) is 0 Å². The van der Waals surface area contributed by atoms with E-state index in [9.17, 15) is 9.59 Å². The van der Waals surface area contributed by atoms with Crippen molar-refractivity contribution in [3.05, 3.63) is 0 Å². The Bertz CT molecular complexity index is 138. The number of alkyl halides is 1. The number of hydrogen-bond donors (Lipinski definition) is 2. The van der Waals surface area contributed by atoms with Crippen LogP contribution in [-0.2, 0) is 9.59 Å². The highest BCUT2D eigenvalue weighted by Crippen LogP contribution is 2.12. The van der Waals surface area contributed by atoms with Crippen LogP contribution in [0.4, 0.5) is 0 Å². The average Bonchev–Trinajstić information content (AvgIpc) is 1.84. The first-order valence-corrected chi connectivity index (χ1v) is 3.48. The molecule has 0 aliphatic rings. The number of carboxylic acids is 2. The van der Waals surface area contributed by atoms with Gasteiger partial charge >= 0.3 is 11.9 Å². The minimum Gasteiger partial charge on any atom is -0.481 e. The molecule has 0 rings (SSSR count).